The van der Waals surface area contributed by atoms with Gasteiger partial charge in [0, 0.05) is 25.7 Å². The highest BCUT2D eigenvalue weighted by molar-refractivity contribution is 5.81. The highest BCUT2D eigenvalue weighted by Crippen LogP contribution is 2.08. The molecule has 0 spiro atoms. The average molecular weight is 185 g/mol. The van der Waals surface area contributed by atoms with E-state index in [0.717, 1.165) is 19.6 Å². The first-order valence-electron chi connectivity index (χ1n) is 4.77. The molecule has 1 saturated heterocycles. The van der Waals surface area contributed by atoms with Crippen LogP contribution in [0.3, 0.4) is 0 Å². The van der Waals surface area contributed by atoms with E-state index in [1.54, 1.807) is 6.92 Å². The summed E-state index contributed by atoms with van der Waals surface area (Å²) in [6.45, 7) is 6.50. The van der Waals surface area contributed by atoms with E-state index in [2.05, 4.69) is 18.9 Å². The fraction of sp³-hybridized carbons (Fsp3) is 0.889. The molecular formula is C9H19N3O. The van der Waals surface area contributed by atoms with Crippen LogP contribution in [-0.4, -0.2) is 54.5 Å². The average Bonchev–Trinajstić information content (AvgIpc) is 2.03. The van der Waals surface area contributed by atoms with Crippen molar-refractivity contribution in [1.29, 1.82) is 0 Å². The number of nitrogens with two attached hydrogens (primary N) is 1. The van der Waals surface area contributed by atoms with Crippen LogP contribution in [0, 0.1) is 0 Å². The lowest BCUT2D eigenvalue weighted by atomic mass is 10.1. The first-order chi connectivity index (χ1) is 6.02. The van der Waals surface area contributed by atoms with Gasteiger partial charge in [0.1, 0.15) is 0 Å². The van der Waals surface area contributed by atoms with E-state index in [1.165, 1.54) is 0 Å². The quantitative estimate of drug-likeness (QED) is 0.599. The van der Waals surface area contributed by atoms with E-state index in [1.807, 2.05) is 4.90 Å². The van der Waals surface area contributed by atoms with Crippen LogP contribution < -0.4 is 5.73 Å². The van der Waals surface area contributed by atoms with Crippen LogP contribution in [0.5, 0.6) is 0 Å². The number of hydrogen-bond acceptors (Lipinski definition) is 3. The Morgan fingerprint density at radius 2 is 2.15 bits per heavy atom. The Kier molecular flexibility index (Phi) is 3.27. The Balaban J connectivity index is 2.56. The van der Waals surface area contributed by atoms with Crippen LogP contribution in [0.2, 0.25) is 0 Å². The van der Waals surface area contributed by atoms with E-state index in [0.29, 0.717) is 0 Å². The molecule has 1 amide bonds. The third-order valence-electron chi connectivity index (χ3n) is 2.50. The maximum absolute atomic E-state index is 11.6. The van der Waals surface area contributed by atoms with Gasteiger partial charge in [0.15, 0.2) is 0 Å². The van der Waals surface area contributed by atoms with Gasteiger partial charge in [0.2, 0.25) is 5.91 Å². The molecule has 2 N–H and O–H groups in total. The van der Waals surface area contributed by atoms with Gasteiger partial charge in [-0.1, -0.05) is 0 Å². The molecule has 2 atom stereocenters. The molecule has 1 fully saturated rings. The van der Waals surface area contributed by atoms with Crippen molar-refractivity contribution >= 4 is 5.91 Å². The van der Waals surface area contributed by atoms with Crippen LogP contribution >= 0.6 is 0 Å². The molecular weight excluding hydrogens is 166 g/mol. The first kappa shape index (κ1) is 10.5. The Labute approximate surface area is 79.7 Å². The zero-order chi connectivity index (χ0) is 10.0. The summed E-state index contributed by atoms with van der Waals surface area (Å²) in [6, 6.07) is -0.0805. The van der Waals surface area contributed by atoms with Gasteiger partial charge in [0.25, 0.3) is 0 Å². The molecule has 1 aliphatic rings. The second-order valence-corrected chi connectivity index (χ2v) is 3.93. The third-order valence-corrected chi connectivity index (χ3v) is 2.50. The fourth-order valence-corrected chi connectivity index (χ4v) is 1.73. The monoisotopic (exact) mass is 185 g/mol. The summed E-state index contributed by atoms with van der Waals surface area (Å²) in [5.41, 5.74) is 5.56. The van der Waals surface area contributed by atoms with Crippen LogP contribution in [0.1, 0.15) is 13.8 Å². The molecule has 1 rings (SSSR count). The molecule has 1 heterocycles. The maximum atomic E-state index is 11.6. The van der Waals surface area contributed by atoms with E-state index >= 15 is 0 Å². The Morgan fingerprint density at radius 1 is 1.54 bits per heavy atom. The number of likely N-dealkylation sites (N-methyl/N-ethyl adjacent to an activating group) is 1. The summed E-state index contributed by atoms with van der Waals surface area (Å²) in [4.78, 5) is 15.7. The minimum absolute atomic E-state index is 0.0700. The Hall–Kier alpha value is -0.610. The second kappa shape index (κ2) is 4.07. The Morgan fingerprint density at radius 3 is 2.62 bits per heavy atom. The van der Waals surface area contributed by atoms with Crippen molar-refractivity contribution in [3.63, 3.8) is 0 Å². The van der Waals surface area contributed by atoms with E-state index < -0.39 is 0 Å². The molecule has 1 unspecified atom stereocenters. The number of rotatable bonds is 1. The summed E-state index contributed by atoms with van der Waals surface area (Å²) in [5, 5.41) is 0. The number of carbonyl (C=O) groups excluding carboxylic acids is 1. The third kappa shape index (κ3) is 2.42. The maximum Gasteiger partial charge on any atom is 0.239 e. The predicted molar refractivity (Wildman–Crippen MR) is 52.3 cm³/mol. The van der Waals surface area contributed by atoms with E-state index in [-0.39, 0.29) is 18.0 Å². The van der Waals surface area contributed by atoms with Gasteiger partial charge in [-0.15, -0.1) is 0 Å². The molecule has 4 nitrogen and oxygen atoms in total. The number of piperazine rings is 1. The number of nitrogens with zero attached hydrogens (tertiary/aromatic N) is 2. The fourth-order valence-electron chi connectivity index (χ4n) is 1.73. The smallest absolute Gasteiger partial charge is 0.239 e. The van der Waals surface area contributed by atoms with Crippen molar-refractivity contribution < 1.29 is 4.79 Å². The molecule has 0 aromatic rings. The SMILES string of the molecule is CC1CN(C)CCN1C(=O)[C@@H](C)N. The molecule has 0 saturated carbocycles. The number of hydrogen-bond donors (Lipinski definition) is 1. The van der Waals surface area contributed by atoms with Crippen LogP contribution in [0.25, 0.3) is 0 Å². The summed E-state index contributed by atoms with van der Waals surface area (Å²) in [6.07, 6.45) is 0. The van der Waals surface area contributed by atoms with Gasteiger partial charge in [-0.05, 0) is 20.9 Å². The molecule has 0 aliphatic carbocycles. The predicted octanol–water partition coefficient (Wildman–Crippen LogP) is -0.504. The summed E-state index contributed by atoms with van der Waals surface area (Å²) in [7, 11) is 2.07. The summed E-state index contributed by atoms with van der Waals surface area (Å²) < 4.78 is 0. The van der Waals surface area contributed by atoms with Gasteiger partial charge in [0.05, 0.1) is 6.04 Å². The molecule has 13 heavy (non-hydrogen) atoms. The lowest BCUT2D eigenvalue weighted by Gasteiger charge is -2.39. The van der Waals surface area contributed by atoms with Crippen molar-refractivity contribution in [3.05, 3.63) is 0 Å². The van der Waals surface area contributed by atoms with Crippen LogP contribution in [0.15, 0.2) is 0 Å². The van der Waals surface area contributed by atoms with E-state index in [4.69, 9.17) is 5.73 Å². The Bertz CT molecular complexity index is 193. The van der Waals surface area contributed by atoms with Gasteiger partial charge < -0.3 is 15.5 Å². The number of carbonyl (C=O) groups is 1. The van der Waals surface area contributed by atoms with E-state index in [9.17, 15) is 4.79 Å². The van der Waals surface area contributed by atoms with Gasteiger partial charge >= 0.3 is 0 Å². The first-order valence-corrected chi connectivity index (χ1v) is 4.77. The zero-order valence-electron chi connectivity index (χ0n) is 8.66. The summed E-state index contributed by atoms with van der Waals surface area (Å²) >= 11 is 0. The van der Waals surface area contributed by atoms with Crippen molar-refractivity contribution in [2.45, 2.75) is 25.9 Å². The molecule has 76 valence electrons. The highest BCUT2D eigenvalue weighted by Gasteiger charge is 2.26. The number of amides is 1. The van der Waals surface area contributed by atoms with Crippen LogP contribution in [0.4, 0.5) is 0 Å². The van der Waals surface area contributed by atoms with Crippen molar-refractivity contribution in [2.75, 3.05) is 26.7 Å². The minimum Gasteiger partial charge on any atom is -0.336 e. The summed E-state index contributed by atoms with van der Waals surface area (Å²) in [5.74, 6) is 0.0700. The molecule has 1 aliphatic heterocycles. The standard InChI is InChI=1S/C9H19N3O/c1-7-6-11(3)4-5-12(7)9(13)8(2)10/h7-8H,4-6,10H2,1-3H3/t7?,8-/m1/s1. The van der Waals surface area contributed by atoms with Crippen molar-refractivity contribution in [1.82, 2.24) is 9.80 Å². The van der Waals surface area contributed by atoms with Crippen molar-refractivity contribution in [3.8, 4) is 0 Å². The normalized spacial score (nSPS) is 27.4. The van der Waals surface area contributed by atoms with Crippen molar-refractivity contribution in [2.24, 2.45) is 5.73 Å². The van der Waals surface area contributed by atoms with Gasteiger partial charge in [-0.2, -0.15) is 0 Å². The van der Waals surface area contributed by atoms with Crippen LogP contribution in [-0.2, 0) is 4.79 Å². The molecule has 0 aromatic heterocycles. The molecule has 0 bridgehead atoms. The van der Waals surface area contributed by atoms with Gasteiger partial charge in [-0.25, -0.2) is 0 Å². The lowest BCUT2D eigenvalue weighted by molar-refractivity contribution is -0.136. The largest absolute Gasteiger partial charge is 0.336 e. The minimum atomic E-state index is -0.370. The zero-order valence-corrected chi connectivity index (χ0v) is 8.66. The highest BCUT2D eigenvalue weighted by atomic mass is 16.2. The molecule has 4 heteroatoms. The topological polar surface area (TPSA) is 49.6 Å². The molecule has 0 aromatic carbocycles. The lowest BCUT2D eigenvalue weighted by Crippen LogP contribution is -2.56. The molecule has 0 radical (unpaired) electrons. The second-order valence-electron chi connectivity index (χ2n) is 3.93. The van der Waals surface area contributed by atoms with Gasteiger partial charge in [-0.3, -0.25) is 4.79 Å².